The maximum Gasteiger partial charge on any atom is 0.270 e. The molecule has 2 N–H and O–H groups in total. The van der Waals surface area contributed by atoms with Crippen molar-refractivity contribution in [1.82, 2.24) is 0 Å². The molecule has 4 rings (SSSR count). The lowest BCUT2D eigenvalue weighted by Crippen LogP contribution is -2.15. The summed E-state index contributed by atoms with van der Waals surface area (Å²) in [6.07, 6.45) is 1.49. The van der Waals surface area contributed by atoms with E-state index in [2.05, 4.69) is 15.2 Å². The van der Waals surface area contributed by atoms with Crippen molar-refractivity contribution in [2.24, 2.45) is 5.10 Å². The number of nitrogens with one attached hydrogen (secondary N) is 2. The van der Waals surface area contributed by atoms with Gasteiger partial charge < -0.3 is 9.47 Å². The predicted molar refractivity (Wildman–Crippen MR) is 145 cm³/mol. The molecule has 0 aromatic heterocycles. The van der Waals surface area contributed by atoms with Gasteiger partial charge in [0.15, 0.2) is 0 Å². The third-order valence-corrected chi connectivity index (χ3v) is 6.75. The average molecular weight is 533 g/mol. The lowest BCUT2D eigenvalue weighted by molar-refractivity contribution is -0.385. The van der Waals surface area contributed by atoms with E-state index in [1.165, 1.54) is 31.5 Å². The van der Waals surface area contributed by atoms with E-state index in [9.17, 15) is 18.5 Å². The Balaban J connectivity index is 1.50. The van der Waals surface area contributed by atoms with Gasteiger partial charge in [0, 0.05) is 12.1 Å². The minimum absolute atomic E-state index is 0.0528. The number of ether oxygens (including phenoxy) is 2. The van der Waals surface area contributed by atoms with Crippen LogP contribution < -0.4 is 19.6 Å². The molecule has 0 fully saturated rings. The Kier molecular flexibility index (Phi) is 8.19. The smallest absolute Gasteiger partial charge is 0.270 e. The number of anilines is 2. The van der Waals surface area contributed by atoms with Crippen LogP contribution in [0.3, 0.4) is 0 Å². The van der Waals surface area contributed by atoms with Crippen LogP contribution >= 0.6 is 0 Å². The summed E-state index contributed by atoms with van der Waals surface area (Å²) in [6.45, 7) is 0.441. The zero-order valence-electron chi connectivity index (χ0n) is 20.3. The van der Waals surface area contributed by atoms with Gasteiger partial charge in [0.2, 0.25) is 0 Å². The summed E-state index contributed by atoms with van der Waals surface area (Å²) in [5.41, 5.74) is 4.31. The second-order valence-corrected chi connectivity index (χ2v) is 9.61. The molecule has 38 heavy (non-hydrogen) atoms. The first kappa shape index (κ1) is 26.2. The Labute approximate surface area is 219 Å². The highest BCUT2D eigenvalue weighted by Crippen LogP contribution is 2.31. The van der Waals surface area contributed by atoms with Gasteiger partial charge in [-0.1, -0.05) is 42.5 Å². The van der Waals surface area contributed by atoms with Crippen molar-refractivity contribution in [3.05, 3.63) is 118 Å². The molecule has 0 saturated heterocycles. The summed E-state index contributed by atoms with van der Waals surface area (Å²) in [5, 5.41) is 15.4. The SMILES string of the molecule is COc1ccccc1NS(=O)(=O)c1cc([N+](=O)[O-])ccc1NN=Cc1ccc(OCc2ccccc2)cc1. The van der Waals surface area contributed by atoms with Crippen LogP contribution in [-0.2, 0) is 16.6 Å². The Bertz CT molecular complexity index is 1540. The number of methoxy groups -OCH3 is 1. The molecule has 0 aliphatic rings. The van der Waals surface area contributed by atoms with Crippen LogP contribution in [0.2, 0.25) is 0 Å². The molecule has 0 heterocycles. The number of para-hydroxylation sites is 2. The third-order valence-electron chi connectivity index (χ3n) is 5.34. The van der Waals surface area contributed by atoms with E-state index in [1.807, 2.05) is 30.3 Å². The van der Waals surface area contributed by atoms with Crippen molar-refractivity contribution in [3.63, 3.8) is 0 Å². The topological polar surface area (TPSA) is 132 Å². The van der Waals surface area contributed by atoms with Gasteiger partial charge in [0.25, 0.3) is 15.7 Å². The molecule has 0 bridgehead atoms. The number of non-ortho nitro benzene ring substituents is 1. The standard InChI is InChI=1S/C27H24N4O6S/c1-36-26-10-6-5-9-24(26)30-38(34,35)27-17-22(31(32)33)13-16-25(27)29-28-18-20-11-14-23(15-12-20)37-19-21-7-3-2-4-8-21/h2-18,29-30H,19H2,1H3. The molecule has 4 aromatic carbocycles. The summed E-state index contributed by atoms with van der Waals surface area (Å²) in [4.78, 5) is 10.3. The van der Waals surface area contributed by atoms with Crippen molar-refractivity contribution < 1.29 is 22.8 Å². The van der Waals surface area contributed by atoms with Gasteiger partial charge in [-0.3, -0.25) is 20.3 Å². The van der Waals surface area contributed by atoms with Gasteiger partial charge in [0.1, 0.15) is 23.0 Å². The summed E-state index contributed by atoms with van der Waals surface area (Å²) in [5.74, 6) is 0.982. The number of nitro benzene ring substituents is 1. The molecule has 10 nitrogen and oxygen atoms in total. The lowest BCUT2D eigenvalue weighted by Gasteiger charge is -2.14. The molecule has 11 heteroatoms. The third kappa shape index (κ3) is 6.65. The van der Waals surface area contributed by atoms with E-state index in [1.54, 1.807) is 42.5 Å². The van der Waals surface area contributed by atoms with Gasteiger partial charge in [-0.15, -0.1) is 0 Å². The average Bonchev–Trinajstić information content (AvgIpc) is 2.93. The fraction of sp³-hybridized carbons (Fsp3) is 0.0741. The van der Waals surface area contributed by atoms with Gasteiger partial charge in [-0.2, -0.15) is 5.10 Å². The molecular formula is C27H24N4O6S. The van der Waals surface area contributed by atoms with Crippen LogP contribution in [0.1, 0.15) is 11.1 Å². The largest absolute Gasteiger partial charge is 0.495 e. The zero-order valence-corrected chi connectivity index (χ0v) is 21.1. The van der Waals surface area contributed by atoms with Crippen LogP contribution in [0, 0.1) is 10.1 Å². The normalized spacial score (nSPS) is 11.2. The number of rotatable bonds is 11. The lowest BCUT2D eigenvalue weighted by atomic mass is 10.2. The van der Waals surface area contributed by atoms with Crippen molar-refractivity contribution in [1.29, 1.82) is 0 Å². The number of sulfonamides is 1. The number of benzene rings is 4. The van der Waals surface area contributed by atoms with E-state index in [0.29, 0.717) is 18.1 Å². The van der Waals surface area contributed by atoms with E-state index >= 15 is 0 Å². The van der Waals surface area contributed by atoms with E-state index in [0.717, 1.165) is 17.2 Å². The Morgan fingerprint density at radius 3 is 2.34 bits per heavy atom. The molecular weight excluding hydrogens is 508 g/mol. The van der Waals surface area contributed by atoms with E-state index < -0.39 is 14.9 Å². The number of hydrogen-bond acceptors (Lipinski definition) is 8. The molecule has 0 saturated carbocycles. The van der Waals surface area contributed by atoms with Crippen LogP contribution in [0.25, 0.3) is 0 Å². The fourth-order valence-electron chi connectivity index (χ4n) is 3.44. The van der Waals surface area contributed by atoms with Crippen molar-refractivity contribution in [3.8, 4) is 11.5 Å². The molecule has 4 aromatic rings. The summed E-state index contributed by atoms with van der Waals surface area (Å²) in [6, 6.07) is 26.8. The fourth-order valence-corrected chi connectivity index (χ4v) is 4.68. The first-order valence-corrected chi connectivity index (χ1v) is 12.8. The predicted octanol–water partition coefficient (Wildman–Crippen LogP) is 5.43. The number of nitrogens with zero attached hydrogens (tertiary/aromatic N) is 2. The molecule has 0 atom stereocenters. The number of nitro groups is 1. The maximum atomic E-state index is 13.2. The van der Waals surface area contributed by atoms with Crippen molar-refractivity contribution in [2.45, 2.75) is 11.5 Å². The highest BCUT2D eigenvalue weighted by molar-refractivity contribution is 7.93. The minimum Gasteiger partial charge on any atom is -0.495 e. The van der Waals surface area contributed by atoms with Gasteiger partial charge in [-0.25, -0.2) is 8.42 Å². The van der Waals surface area contributed by atoms with E-state index in [-0.39, 0.29) is 22.0 Å². The van der Waals surface area contributed by atoms with Crippen LogP contribution in [0.15, 0.2) is 107 Å². The van der Waals surface area contributed by atoms with E-state index in [4.69, 9.17) is 9.47 Å². The van der Waals surface area contributed by atoms with Crippen molar-refractivity contribution >= 4 is 33.3 Å². The second kappa shape index (κ2) is 11.9. The molecule has 0 amide bonds. The first-order valence-electron chi connectivity index (χ1n) is 11.4. The molecule has 0 spiro atoms. The minimum atomic E-state index is -4.25. The highest BCUT2D eigenvalue weighted by atomic mass is 32.2. The molecule has 0 radical (unpaired) electrons. The quantitative estimate of drug-likeness (QED) is 0.150. The monoisotopic (exact) mass is 532 g/mol. The Hall–Kier alpha value is -4.90. The molecule has 0 aliphatic heterocycles. The van der Waals surface area contributed by atoms with Crippen LogP contribution in [0.5, 0.6) is 11.5 Å². The zero-order chi connectivity index (χ0) is 27.0. The number of hydrazone groups is 1. The maximum absolute atomic E-state index is 13.2. The van der Waals surface area contributed by atoms with Crippen LogP contribution in [-0.4, -0.2) is 26.7 Å². The molecule has 0 unspecified atom stereocenters. The Morgan fingerprint density at radius 2 is 1.63 bits per heavy atom. The summed E-state index contributed by atoms with van der Waals surface area (Å²) in [7, 11) is -2.84. The first-order chi connectivity index (χ1) is 18.4. The van der Waals surface area contributed by atoms with Gasteiger partial charge >= 0.3 is 0 Å². The number of hydrogen-bond donors (Lipinski definition) is 2. The van der Waals surface area contributed by atoms with Crippen LogP contribution in [0.4, 0.5) is 17.1 Å². The van der Waals surface area contributed by atoms with Gasteiger partial charge in [-0.05, 0) is 53.6 Å². The molecule has 0 aliphatic carbocycles. The molecule has 194 valence electrons. The second-order valence-electron chi connectivity index (χ2n) is 7.96. The highest BCUT2D eigenvalue weighted by Gasteiger charge is 2.23. The van der Waals surface area contributed by atoms with Crippen molar-refractivity contribution in [2.75, 3.05) is 17.3 Å². The van der Waals surface area contributed by atoms with Gasteiger partial charge in [0.05, 0.1) is 29.6 Å². The summed E-state index contributed by atoms with van der Waals surface area (Å²) >= 11 is 0. The Morgan fingerprint density at radius 1 is 0.921 bits per heavy atom. The summed E-state index contributed by atoms with van der Waals surface area (Å²) < 4.78 is 39.8.